The van der Waals surface area contributed by atoms with Crippen molar-refractivity contribution in [1.29, 1.82) is 0 Å². The maximum absolute atomic E-state index is 9.11. The maximum atomic E-state index is 9.11. The molecule has 0 aliphatic rings. The highest BCUT2D eigenvalue weighted by atomic mass is 35.5. The quantitative estimate of drug-likeness (QED) is 0.651. The van der Waals surface area contributed by atoms with E-state index in [9.17, 15) is 0 Å². The van der Waals surface area contributed by atoms with Gasteiger partial charge in [-0.1, -0.05) is 23.7 Å². The fourth-order valence-electron chi connectivity index (χ4n) is 0.688. The maximum Gasteiger partial charge on any atom is 0.139 e. The minimum atomic E-state index is -0.188. The molecule has 0 bridgehead atoms. The van der Waals surface area contributed by atoms with Crippen LogP contribution in [-0.4, -0.2) is 10.2 Å². The molecule has 10 heavy (non-hydrogen) atoms. The summed E-state index contributed by atoms with van der Waals surface area (Å²) in [6, 6.07) is 4.85. The number of aliphatic hydroxyl groups excluding tert-OH is 1. The Balaban J connectivity index is 3.14. The molecule has 0 radical (unpaired) electrons. The zero-order valence-electron chi connectivity index (χ0n) is 5.21. The van der Waals surface area contributed by atoms with Crippen LogP contribution in [0.5, 0.6) is 5.75 Å². The lowest BCUT2D eigenvalue weighted by atomic mass is 10.2. The summed E-state index contributed by atoms with van der Waals surface area (Å²) in [5.41, 5.74) is 0.451. The first-order chi connectivity index (χ1) is 4.75. The van der Waals surface area contributed by atoms with Crippen LogP contribution in [-0.2, 0) is 6.61 Å². The number of para-hydroxylation sites is 1. The van der Waals surface area contributed by atoms with Gasteiger partial charge in [-0.25, -0.2) is 0 Å². The number of halogens is 1. The van der Waals surface area contributed by atoms with Crippen molar-refractivity contribution in [2.45, 2.75) is 6.61 Å². The molecular weight excluding hydrogens is 152 g/mol. The van der Waals surface area contributed by atoms with Gasteiger partial charge in [-0.2, -0.15) is 0 Å². The summed E-state index contributed by atoms with van der Waals surface area (Å²) < 4.78 is 0. The lowest BCUT2D eigenvalue weighted by Gasteiger charge is -2.00. The minimum Gasteiger partial charge on any atom is -0.506 e. The molecule has 0 atom stereocenters. The standard InChI is InChI=1S/C7H7ClO2/c8-6-3-1-2-5(4-9)7(6)10/h1-3,9-10H,4H2. The van der Waals surface area contributed by atoms with Crippen molar-refractivity contribution in [3.05, 3.63) is 28.8 Å². The highest BCUT2D eigenvalue weighted by Crippen LogP contribution is 2.26. The normalized spacial score (nSPS) is 9.80. The number of aromatic hydroxyl groups is 1. The zero-order chi connectivity index (χ0) is 7.56. The van der Waals surface area contributed by atoms with E-state index in [1.54, 1.807) is 18.2 Å². The van der Waals surface area contributed by atoms with Gasteiger partial charge in [0.15, 0.2) is 0 Å². The Morgan fingerprint density at radius 1 is 1.40 bits per heavy atom. The number of hydrogen-bond acceptors (Lipinski definition) is 2. The van der Waals surface area contributed by atoms with Gasteiger partial charge in [0.1, 0.15) is 5.75 Å². The van der Waals surface area contributed by atoms with Gasteiger partial charge in [0.05, 0.1) is 11.6 Å². The highest BCUT2D eigenvalue weighted by Gasteiger charge is 2.01. The molecule has 2 N–H and O–H groups in total. The van der Waals surface area contributed by atoms with Gasteiger partial charge in [-0.15, -0.1) is 0 Å². The molecule has 3 heteroatoms. The van der Waals surface area contributed by atoms with Gasteiger partial charge in [-0.3, -0.25) is 0 Å². The predicted octanol–water partition coefficient (Wildman–Crippen LogP) is 1.54. The van der Waals surface area contributed by atoms with Gasteiger partial charge >= 0.3 is 0 Å². The second-order valence-electron chi connectivity index (χ2n) is 1.91. The third-order valence-corrected chi connectivity index (χ3v) is 1.55. The number of rotatable bonds is 1. The first-order valence-corrected chi connectivity index (χ1v) is 3.20. The summed E-state index contributed by atoms with van der Waals surface area (Å²) in [6.07, 6.45) is 0. The molecule has 0 amide bonds. The van der Waals surface area contributed by atoms with Crippen molar-refractivity contribution in [2.24, 2.45) is 0 Å². The van der Waals surface area contributed by atoms with Crippen LogP contribution in [0.25, 0.3) is 0 Å². The van der Waals surface area contributed by atoms with Crippen molar-refractivity contribution < 1.29 is 10.2 Å². The molecule has 0 aromatic heterocycles. The lowest BCUT2D eigenvalue weighted by molar-refractivity contribution is 0.275. The SMILES string of the molecule is OCc1cccc(Cl)c1O. The van der Waals surface area contributed by atoms with E-state index in [1.165, 1.54) is 0 Å². The van der Waals surface area contributed by atoms with Crippen LogP contribution in [0.15, 0.2) is 18.2 Å². The molecular formula is C7H7ClO2. The topological polar surface area (TPSA) is 40.5 Å². The largest absolute Gasteiger partial charge is 0.506 e. The molecule has 0 aliphatic heterocycles. The average molecular weight is 159 g/mol. The Labute approximate surface area is 63.7 Å². The molecule has 0 aliphatic carbocycles. The monoisotopic (exact) mass is 158 g/mol. The van der Waals surface area contributed by atoms with Crippen molar-refractivity contribution in [3.8, 4) is 5.75 Å². The Kier molecular flexibility index (Phi) is 2.14. The van der Waals surface area contributed by atoms with E-state index in [0.29, 0.717) is 5.56 Å². The summed E-state index contributed by atoms with van der Waals surface area (Å²) >= 11 is 5.53. The predicted molar refractivity (Wildman–Crippen MR) is 39.0 cm³/mol. The van der Waals surface area contributed by atoms with E-state index in [0.717, 1.165) is 0 Å². The van der Waals surface area contributed by atoms with Gasteiger partial charge < -0.3 is 10.2 Å². The van der Waals surface area contributed by atoms with Crippen LogP contribution in [0.2, 0.25) is 5.02 Å². The molecule has 2 nitrogen and oxygen atoms in total. The van der Waals surface area contributed by atoms with Gasteiger partial charge in [0, 0.05) is 5.56 Å². The van der Waals surface area contributed by atoms with E-state index in [1.807, 2.05) is 0 Å². The molecule has 0 unspecified atom stereocenters. The van der Waals surface area contributed by atoms with Crippen LogP contribution in [0.1, 0.15) is 5.56 Å². The third kappa shape index (κ3) is 1.23. The molecule has 0 saturated heterocycles. The van der Waals surface area contributed by atoms with Crippen LogP contribution in [0.4, 0.5) is 0 Å². The van der Waals surface area contributed by atoms with Crippen molar-refractivity contribution in [2.75, 3.05) is 0 Å². The average Bonchev–Trinajstić information content (AvgIpc) is 1.95. The summed E-state index contributed by atoms with van der Waals surface area (Å²) in [7, 11) is 0. The Bertz CT molecular complexity index is 235. The summed E-state index contributed by atoms with van der Waals surface area (Å²) in [4.78, 5) is 0. The fraction of sp³-hybridized carbons (Fsp3) is 0.143. The van der Waals surface area contributed by atoms with Crippen LogP contribution < -0.4 is 0 Å². The van der Waals surface area contributed by atoms with E-state index in [4.69, 9.17) is 21.8 Å². The number of aliphatic hydroxyl groups is 1. The molecule has 0 spiro atoms. The third-order valence-electron chi connectivity index (χ3n) is 1.24. The van der Waals surface area contributed by atoms with Crippen molar-refractivity contribution in [3.63, 3.8) is 0 Å². The van der Waals surface area contributed by atoms with Gasteiger partial charge in [0.25, 0.3) is 0 Å². The van der Waals surface area contributed by atoms with Gasteiger partial charge in [-0.05, 0) is 6.07 Å². The second kappa shape index (κ2) is 2.90. The molecule has 1 aromatic rings. The molecule has 54 valence electrons. The summed E-state index contributed by atoms with van der Waals surface area (Å²) in [6.45, 7) is -0.188. The smallest absolute Gasteiger partial charge is 0.139 e. The molecule has 0 saturated carbocycles. The Hall–Kier alpha value is -0.730. The fourth-order valence-corrected chi connectivity index (χ4v) is 0.882. The molecule has 0 heterocycles. The van der Waals surface area contributed by atoms with E-state index < -0.39 is 0 Å². The lowest BCUT2D eigenvalue weighted by Crippen LogP contribution is -1.82. The van der Waals surface area contributed by atoms with Crippen LogP contribution in [0.3, 0.4) is 0 Å². The van der Waals surface area contributed by atoms with E-state index in [2.05, 4.69) is 0 Å². The Morgan fingerprint density at radius 2 is 2.10 bits per heavy atom. The highest BCUT2D eigenvalue weighted by molar-refractivity contribution is 6.32. The number of benzene rings is 1. The molecule has 1 aromatic carbocycles. The van der Waals surface area contributed by atoms with Crippen molar-refractivity contribution in [1.82, 2.24) is 0 Å². The number of hydrogen-bond donors (Lipinski definition) is 2. The van der Waals surface area contributed by atoms with Crippen molar-refractivity contribution >= 4 is 11.6 Å². The number of phenols is 1. The second-order valence-corrected chi connectivity index (χ2v) is 2.31. The first kappa shape index (κ1) is 7.38. The summed E-state index contributed by atoms with van der Waals surface area (Å²) in [5, 5.41) is 18.0. The van der Waals surface area contributed by atoms with E-state index >= 15 is 0 Å². The zero-order valence-corrected chi connectivity index (χ0v) is 5.97. The van der Waals surface area contributed by atoms with Gasteiger partial charge in [0.2, 0.25) is 0 Å². The molecule has 0 fully saturated rings. The van der Waals surface area contributed by atoms with Crippen LogP contribution in [0, 0.1) is 0 Å². The summed E-state index contributed by atoms with van der Waals surface area (Å²) in [5.74, 6) is -0.0355. The first-order valence-electron chi connectivity index (χ1n) is 2.83. The molecule has 1 rings (SSSR count). The van der Waals surface area contributed by atoms with Crippen LogP contribution >= 0.6 is 11.6 Å². The Morgan fingerprint density at radius 3 is 2.60 bits per heavy atom. The van der Waals surface area contributed by atoms with E-state index in [-0.39, 0.29) is 17.4 Å². The minimum absolute atomic E-state index is 0.0355.